The van der Waals surface area contributed by atoms with Crippen LogP contribution in [-0.4, -0.2) is 30.9 Å². The van der Waals surface area contributed by atoms with E-state index in [9.17, 15) is 9.59 Å². The molecule has 1 amide bonds. The molecule has 3 rings (SSSR count). The van der Waals surface area contributed by atoms with Crippen molar-refractivity contribution in [1.29, 1.82) is 0 Å². The number of benzene rings is 2. The van der Waals surface area contributed by atoms with Gasteiger partial charge in [-0.1, -0.05) is 29.8 Å². The third-order valence-electron chi connectivity index (χ3n) is 3.91. The van der Waals surface area contributed by atoms with Crippen LogP contribution in [0, 0.1) is 5.92 Å². The van der Waals surface area contributed by atoms with Crippen LogP contribution in [0.15, 0.2) is 58.6 Å². The van der Waals surface area contributed by atoms with Crippen molar-refractivity contribution in [3.63, 3.8) is 0 Å². The van der Waals surface area contributed by atoms with Gasteiger partial charge in [-0.2, -0.15) is 10.1 Å². The highest BCUT2D eigenvalue weighted by molar-refractivity contribution is 6.33. The first-order valence-corrected chi connectivity index (χ1v) is 8.25. The average molecular weight is 370 g/mol. The second kappa shape index (κ2) is 7.49. The van der Waals surface area contributed by atoms with Gasteiger partial charge in [-0.25, -0.2) is 4.79 Å². The number of carbonyl (C=O) groups is 2. The molecule has 0 unspecified atom stereocenters. The minimum Gasteiger partial charge on any atom is -0.465 e. The van der Waals surface area contributed by atoms with E-state index in [0.717, 1.165) is 0 Å². The zero-order valence-electron chi connectivity index (χ0n) is 14.2. The molecule has 2 aromatic carbocycles. The highest BCUT2D eigenvalue weighted by atomic mass is 35.5. The van der Waals surface area contributed by atoms with Crippen molar-refractivity contribution in [2.45, 2.75) is 6.92 Å². The van der Waals surface area contributed by atoms with Gasteiger partial charge in [-0.15, -0.1) is 0 Å². The Morgan fingerprint density at radius 2 is 2.00 bits per heavy atom. The number of para-hydroxylation sites is 1. The van der Waals surface area contributed by atoms with Crippen LogP contribution in [0.3, 0.4) is 0 Å². The molecular weight excluding hydrogens is 354 g/mol. The van der Waals surface area contributed by atoms with E-state index in [1.54, 1.807) is 19.1 Å². The fraction of sp³-hybridized carbons (Fsp3) is 0.158. The van der Waals surface area contributed by atoms with Crippen molar-refractivity contribution >= 4 is 46.8 Å². The number of rotatable bonds is 4. The van der Waals surface area contributed by atoms with Crippen molar-refractivity contribution in [2.75, 3.05) is 12.1 Å². The normalized spacial score (nSPS) is 16.9. The highest BCUT2D eigenvalue weighted by Gasteiger charge is 2.33. The molecule has 1 atom stereocenters. The number of esters is 1. The summed E-state index contributed by atoms with van der Waals surface area (Å²) in [4.78, 5) is 28.7. The zero-order valence-corrected chi connectivity index (χ0v) is 15.0. The molecule has 7 heteroatoms. The molecule has 6 nitrogen and oxygen atoms in total. The summed E-state index contributed by atoms with van der Waals surface area (Å²) in [6.07, 6.45) is 1.52. The topological polar surface area (TPSA) is 71.3 Å². The van der Waals surface area contributed by atoms with Crippen LogP contribution in [0.1, 0.15) is 17.3 Å². The van der Waals surface area contributed by atoms with Crippen LogP contribution in [0.2, 0.25) is 5.02 Å². The number of hydrogen-bond donors (Lipinski definition) is 0. The predicted molar refractivity (Wildman–Crippen MR) is 101 cm³/mol. The van der Waals surface area contributed by atoms with Gasteiger partial charge >= 0.3 is 5.97 Å². The van der Waals surface area contributed by atoms with Gasteiger partial charge in [0.2, 0.25) is 0 Å². The van der Waals surface area contributed by atoms with E-state index >= 15 is 0 Å². The molecule has 2 aromatic rings. The van der Waals surface area contributed by atoms with Crippen molar-refractivity contribution < 1.29 is 14.3 Å². The summed E-state index contributed by atoms with van der Waals surface area (Å²) >= 11 is 6.00. The van der Waals surface area contributed by atoms with Gasteiger partial charge in [0.05, 0.1) is 34.8 Å². The number of methoxy groups -OCH3 is 1. The number of amides is 1. The lowest BCUT2D eigenvalue weighted by atomic mass is 10.1. The predicted octanol–water partition coefficient (Wildman–Crippen LogP) is 3.87. The van der Waals surface area contributed by atoms with E-state index in [1.807, 2.05) is 30.3 Å². The smallest absolute Gasteiger partial charge is 0.339 e. The second-order valence-electron chi connectivity index (χ2n) is 5.64. The highest BCUT2D eigenvalue weighted by Crippen LogP contribution is 2.25. The zero-order chi connectivity index (χ0) is 18.7. The van der Waals surface area contributed by atoms with Crippen LogP contribution in [-0.2, 0) is 9.53 Å². The Balaban J connectivity index is 1.82. The summed E-state index contributed by atoms with van der Waals surface area (Å²) in [6, 6.07) is 13.9. The lowest BCUT2D eigenvalue weighted by molar-refractivity contribution is -0.118. The number of carbonyl (C=O) groups excluding carboxylic acids is 2. The SMILES string of the molecule is COC(=O)c1cc(N=C[C@H]2C(=O)N(c3ccccc3)N=C2C)ccc1Cl. The maximum Gasteiger partial charge on any atom is 0.339 e. The van der Waals surface area contributed by atoms with E-state index in [-0.39, 0.29) is 16.5 Å². The van der Waals surface area contributed by atoms with E-state index in [2.05, 4.69) is 10.1 Å². The summed E-state index contributed by atoms with van der Waals surface area (Å²) in [5.74, 6) is -1.29. The third kappa shape index (κ3) is 3.50. The second-order valence-corrected chi connectivity index (χ2v) is 6.05. The molecule has 0 aliphatic carbocycles. The lowest BCUT2D eigenvalue weighted by Crippen LogP contribution is -2.27. The minimum atomic E-state index is -0.563. The molecule has 0 aromatic heterocycles. The number of anilines is 1. The minimum absolute atomic E-state index is 0.181. The van der Waals surface area contributed by atoms with Crippen molar-refractivity contribution in [1.82, 2.24) is 0 Å². The van der Waals surface area contributed by atoms with Crippen LogP contribution >= 0.6 is 11.6 Å². The molecular formula is C19H16ClN3O3. The summed E-state index contributed by atoms with van der Waals surface area (Å²) in [7, 11) is 1.28. The number of nitrogens with zero attached hydrogens (tertiary/aromatic N) is 3. The first-order valence-electron chi connectivity index (χ1n) is 7.87. The monoisotopic (exact) mass is 369 g/mol. The number of aliphatic imine (C=N–C) groups is 1. The third-order valence-corrected chi connectivity index (χ3v) is 4.24. The van der Waals surface area contributed by atoms with E-state index < -0.39 is 11.9 Å². The van der Waals surface area contributed by atoms with Gasteiger partial charge in [0.1, 0.15) is 5.92 Å². The van der Waals surface area contributed by atoms with E-state index in [4.69, 9.17) is 16.3 Å². The van der Waals surface area contributed by atoms with Crippen LogP contribution < -0.4 is 5.01 Å². The number of halogens is 1. The Morgan fingerprint density at radius 1 is 1.27 bits per heavy atom. The molecule has 0 radical (unpaired) electrons. The van der Waals surface area contributed by atoms with Crippen molar-refractivity contribution in [3.8, 4) is 0 Å². The molecule has 0 fully saturated rings. The van der Waals surface area contributed by atoms with Crippen LogP contribution in [0.4, 0.5) is 11.4 Å². The Morgan fingerprint density at radius 3 is 2.69 bits per heavy atom. The molecule has 0 N–H and O–H groups in total. The summed E-state index contributed by atoms with van der Waals surface area (Å²) in [5.41, 5.74) is 2.06. The summed E-state index contributed by atoms with van der Waals surface area (Å²) in [5, 5.41) is 5.97. The Labute approximate surface area is 155 Å². The molecule has 1 aliphatic heterocycles. The van der Waals surface area contributed by atoms with Gasteiger partial charge in [0.25, 0.3) is 5.91 Å². The molecule has 0 saturated heterocycles. The first-order chi connectivity index (χ1) is 12.5. The standard InChI is InChI=1S/C19H16ClN3O3/c1-12-16(18(24)23(22-12)14-6-4-3-5-7-14)11-21-13-8-9-17(20)15(10-13)19(25)26-2/h3-11,16H,1-2H3/t16-/m1/s1. The van der Waals surface area contributed by atoms with Gasteiger partial charge in [-0.3, -0.25) is 9.79 Å². The van der Waals surface area contributed by atoms with E-state index in [1.165, 1.54) is 24.4 Å². The van der Waals surface area contributed by atoms with Gasteiger partial charge in [0.15, 0.2) is 0 Å². The molecule has 1 heterocycles. The Hall–Kier alpha value is -2.99. The average Bonchev–Trinajstić information content (AvgIpc) is 2.95. The Kier molecular flexibility index (Phi) is 5.14. The molecule has 0 spiro atoms. The molecule has 0 saturated carbocycles. The lowest BCUT2D eigenvalue weighted by Gasteiger charge is -2.12. The molecule has 0 bridgehead atoms. The quantitative estimate of drug-likeness (QED) is 0.606. The number of hydrazone groups is 1. The maximum absolute atomic E-state index is 12.6. The maximum atomic E-state index is 12.6. The largest absolute Gasteiger partial charge is 0.465 e. The van der Waals surface area contributed by atoms with E-state index in [0.29, 0.717) is 17.1 Å². The van der Waals surface area contributed by atoms with Gasteiger partial charge in [0, 0.05) is 6.21 Å². The number of hydrogen-bond acceptors (Lipinski definition) is 5. The fourth-order valence-electron chi connectivity index (χ4n) is 2.53. The Bertz CT molecular complexity index is 910. The van der Waals surface area contributed by atoms with Gasteiger partial charge < -0.3 is 4.74 Å². The molecule has 1 aliphatic rings. The van der Waals surface area contributed by atoms with Crippen LogP contribution in [0.25, 0.3) is 0 Å². The van der Waals surface area contributed by atoms with Crippen molar-refractivity contribution in [2.24, 2.45) is 16.0 Å². The summed E-state index contributed by atoms with van der Waals surface area (Å²) < 4.78 is 4.69. The first kappa shape index (κ1) is 17.8. The van der Waals surface area contributed by atoms with Crippen molar-refractivity contribution in [3.05, 3.63) is 59.1 Å². The molecule has 26 heavy (non-hydrogen) atoms. The molecule has 132 valence electrons. The number of ether oxygens (including phenoxy) is 1. The summed E-state index contributed by atoms with van der Waals surface area (Å²) in [6.45, 7) is 1.78. The van der Waals surface area contributed by atoms with Gasteiger partial charge in [-0.05, 0) is 37.3 Å². The fourth-order valence-corrected chi connectivity index (χ4v) is 2.72. The van der Waals surface area contributed by atoms with Crippen LogP contribution in [0.5, 0.6) is 0 Å².